The predicted molar refractivity (Wildman–Crippen MR) is 85.8 cm³/mol. The topological polar surface area (TPSA) is 4.41 Å². The van der Waals surface area contributed by atoms with Gasteiger partial charge in [0.05, 0.1) is 16.6 Å². The van der Waals surface area contributed by atoms with Gasteiger partial charge >= 0.3 is 0 Å². The fourth-order valence-corrected chi connectivity index (χ4v) is 3.54. The fourth-order valence-electron chi connectivity index (χ4n) is 3.54. The van der Waals surface area contributed by atoms with Crippen molar-refractivity contribution in [3.8, 4) is 0 Å². The molecule has 0 saturated carbocycles. The van der Waals surface area contributed by atoms with Crippen LogP contribution in [-0.4, -0.2) is 4.40 Å². The summed E-state index contributed by atoms with van der Waals surface area (Å²) in [4.78, 5) is 0. The van der Waals surface area contributed by atoms with Gasteiger partial charge in [-0.2, -0.15) is 0 Å². The van der Waals surface area contributed by atoms with E-state index in [2.05, 4.69) is 72.0 Å². The summed E-state index contributed by atoms with van der Waals surface area (Å²) in [7, 11) is 0. The quantitative estimate of drug-likeness (QED) is 0.360. The molecule has 0 spiro atoms. The molecule has 0 amide bonds. The van der Waals surface area contributed by atoms with Gasteiger partial charge in [-0.25, -0.2) is 0 Å². The zero-order valence-electron chi connectivity index (χ0n) is 11.2. The summed E-state index contributed by atoms with van der Waals surface area (Å²) in [6, 6.07) is 22.1. The van der Waals surface area contributed by atoms with Gasteiger partial charge in [0.25, 0.3) is 0 Å². The van der Waals surface area contributed by atoms with Gasteiger partial charge in [-0.3, -0.25) is 0 Å². The number of fused-ring (bicyclic) bond motifs is 6. The number of benzene rings is 3. The van der Waals surface area contributed by atoms with Crippen LogP contribution in [0.4, 0.5) is 0 Å². The lowest BCUT2D eigenvalue weighted by atomic mass is 10.1. The molecule has 5 aromatic rings. The first kappa shape index (κ1) is 10.3. The number of hydrogen-bond donors (Lipinski definition) is 0. The second-order valence-electron chi connectivity index (χ2n) is 5.57. The van der Waals surface area contributed by atoms with Gasteiger partial charge in [-0.1, -0.05) is 48.5 Å². The van der Waals surface area contributed by atoms with E-state index in [1.807, 2.05) is 0 Å². The van der Waals surface area contributed by atoms with E-state index in [1.54, 1.807) is 0 Å². The monoisotopic (exact) mass is 255 g/mol. The van der Waals surface area contributed by atoms with Crippen LogP contribution in [0.3, 0.4) is 0 Å². The molecular weight excluding hydrogens is 242 g/mol. The van der Waals surface area contributed by atoms with E-state index in [0.29, 0.717) is 0 Å². The number of aromatic nitrogens is 1. The van der Waals surface area contributed by atoms with Crippen LogP contribution in [0.1, 0.15) is 5.56 Å². The van der Waals surface area contributed by atoms with Crippen LogP contribution in [0.15, 0.2) is 60.7 Å². The lowest BCUT2D eigenvalue weighted by Gasteiger charge is -1.98. The number of hydrogen-bond acceptors (Lipinski definition) is 0. The highest BCUT2D eigenvalue weighted by molar-refractivity contribution is 6.23. The third-order valence-electron chi connectivity index (χ3n) is 4.38. The van der Waals surface area contributed by atoms with E-state index in [4.69, 9.17) is 0 Å². The van der Waals surface area contributed by atoms with Crippen molar-refractivity contribution < 1.29 is 0 Å². The lowest BCUT2D eigenvalue weighted by molar-refractivity contribution is 1.36. The second-order valence-corrected chi connectivity index (χ2v) is 5.57. The molecule has 20 heavy (non-hydrogen) atoms. The molecule has 0 N–H and O–H groups in total. The van der Waals surface area contributed by atoms with Crippen molar-refractivity contribution in [1.82, 2.24) is 4.40 Å². The Hall–Kier alpha value is -2.54. The summed E-state index contributed by atoms with van der Waals surface area (Å²) in [6.45, 7) is 2.16. The van der Waals surface area contributed by atoms with E-state index in [-0.39, 0.29) is 0 Å². The minimum atomic E-state index is 1.30. The Morgan fingerprint density at radius 2 is 1.35 bits per heavy atom. The minimum absolute atomic E-state index is 1.30. The standard InChI is InChI=1S/C19H13N/c1-12-9-10-14-16-7-4-6-15-13-5-2-3-8-17(13)20(19(15)16)18(14)11-12/h2-11H,1H3. The van der Waals surface area contributed by atoms with E-state index >= 15 is 0 Å². The second kappa shape index (κ2) is 3.31. The first-order valence-corrected chi connectivity index (χ1v) is 6.98. The van der Waals surface area contributed by atoms with Crippen molar-refractivity contribution in [2.75, 3.05) is 0 Å². The zero-order chi connectivity index (χ0) is 13.3. The van der Waals surface area contributed by atoms with E-state index in [9.17, 15) is 0 Å². The van der Waals surface area contributed by atoms with Crippen molar-refractivity contribution in [3.63, 3.8) is 0 Å². The smallest absolute Gasteiger partial charge is 0.0620 e. The Morgan fingerprint density at radius 1 is 0.650 bits per heavy atom. The first-order chi connectivity index (χ1) is 9.84. The van der Waals surface area contributed by atoms with E-state index in [1.165, 1.54) is 43.7 Å². The molecule has 0 aliphatic rings. The molecule has 94 valence electrons. The zero-order valence-corrected chi connectivity index (χ0v) is 11.2. The summed E-state index contributed by atoms with van der Waals surface area (Å²) in [5.41, 5.74) is 5.29. The van der Waals surface area contributed by atoms with Crippen LogP contribution >= 0.6 is 0 Å². The Balaban J connectivity index is 2.28. The molecule has 5 rings (SSSR count). The van der Waals surface area contributed by atoms with Crippen LogP contribution < -0.4 is 0 Å². The van der Waals surface area contributed by atoms with Crippen molar-refractivity contribution in [2.45, 2.75) is 6.92 Å². The fraction of sp³-hybridized carbons (Fsp3) is 0.0526. The molecule has 0 saturated heterocycles. The van der Waals surface area contributed by atoms with Crippen LogP contribution in [0.2, 0.25) is 0 Å². The molecule has 0 unspecified atom stereocenters. The molecule has 0 radical (unpaired) electrons. The summed E-state index contributed by atoms with van der Waals surface area (Å²) < 4.78 is 2.42. The Bertz CT molecular complexity index is 1100. The third-order valence-corrected chi connectivity index (χ3v) is 4.38. The summed E-state index contributed by atoms with van der Waals surface area (Å²) in [5.74, 6) is 0. The third kappa shape index (κ3) is 1.05. The highest BCUT2D eigenvalue weighted by atomic mass is 14.9. The molecule has 0 fully saturated rings. The Labute approximate surface area is 116 Å². The van der Waals surface area contributed by atoms with Crippen molar-refractivity contribution in [1.29, 1.82) is 0 Å². The van der Waals surface area contributed by atoms with Gasteiger partial charge in [0.1, 0.15) is 0 Å². The normalized spacial score (nSPS) is 12.2. The SMILES string of the molecule is Cc1ccc2c3cccc4c5ccccc5n(c2c1)c43. The highest BCUT2D eigenvalue weighted by Gasteiger charge is 2.16. The molecule has 2 aromatic heterocycles. The van der Waals surface area contributed by atoms with Crippen LogP contribution in [0, 0.1) is 6.92 Å². The molecular formula is C19H13N. The van der Waals surface area contributed by atoms with Gasteiger partial charge in [0.15, 0.2) is 0 Å². The van der Waals surface area contributed by atoms with Crippen LogP contribution in [0.25, 0.3) is 38.1 Å². The van der Waals surface area contributed by atoms with Crippen molar-refractivity contribution in [3.05, 3.63) is 66.2 Å². The van der Waals surface area contributed by atoms with Crippen molar-refractivity contribution >= 4 is 38.1 Å². The lowest BCUT2D eigenvalue weighted by Crippen LogP contribution is -1.80. The van der Waals surface area contributed by atoms with Gasteiger partial charge in [-0.15, -0.1) is 0 Å². The van der Waals surface area contributed by atoms with Gasteiger partial charge in [0.2, 0.25) is 0 Å². The van der Waals surface area contributed by atoms with Crippen LogP contribution in [-0.2, 0) is 0 Å². The molecule has 1 heteroatoms. The van der Waals surface area contributed by atoms with Gasteiger partial charge in [0, 0.05) is 21.5 Å². The number of rotatable bonds is 0. The molecule has 0 aliphatic carbocycles. The average Bonchev–Trinajstić information content (AvgIpc) is 2.98. The largest absolute Gasteiger partial charge is 0.308 e. The first-order valence-electron chi connectivity index (χ1n) is 6.98. The Morgan fingerprint density at radius 3 is 2.20 bits per heavy atom. The summed E-state index contributed by atoms with van der Waals surface area (Å²) >= 11 is 0. The summed E-state index contributed by atoms with van der Waals surface area (Å²) in [6.07, 6.45) is 0. The molecule has 0 bridgehead atoms. The molecule has 1 nitrogen and oxygen atoms in total. The van der Waals surface area contributed by atoms with Gasteiger partial charge in [-0.05, 0) is 24.6 Å². The van der Waals surface area contributed by atoms with Crippen molar-refractivity contribution in [2.24, 2.45) is 0 Å². The average molecular weight is 255 g/mol. The maximum Gasteiger partial charge on any atom is 0.0620 e. The Kier molecular flexibility index (Phi) is 1.70. The minimum Gasteiger partial charge on any atom is -0.308 e. The number of nitrogens with zero attached hydrogens (tertiary/aromatic N) is 1. The number of aryl methyl sites for hydroxylation is 1. The van der Waals surface area contributed by atoms with Crippen LogP contribution in [0.5, 0.6) is 0 Å². The van der Waals surface area contributed by atoms with E-state index in [0.717, 1.165) is 0 Å². The molecule has 0 aliphatic heterocycles. The summed E-state index contributed by atoms with van der Waals surface area (Å²) in [5, 5.41) is 5.40. The maximum atomic E-state index is 2.42. The highest BCUT2D eigenvalue weighted by Crippen LogP contribution is 2.38. The van der Waals surface area contributed by atoms with Gasteiger partial charge < -0.3 is 4.40 Å². The molecule has 2 heterocycles. The van der Waals surface area contributed by atoms with E-state index < -0.39 is 0 Å². The number of para-hydroxylation sites is 2. The predicted octanol–water partition coefficient (Wildman–Crippen LogP) is 5.15. The molecule has 0 atom stereocenters. The molecule has 3 aromatic carbocycles. The maximum absolute atomic E-state index is 2.42.